The average molecular weight is 333 g/mol. The summed E-state index contributed by atoms with van der Waals surface area (Å²) in [6.07, 6.45) is 1.85. The van der Waals surface area contributed by atoms with E-state index in [9.17, 15) is 0 Å². The van der Waals surface area contributed by atoms with Crippen LogP contribution >= 0.6 is 27.5 Å². The average Bonchev–Trinajstić information content (AvgIpc) is 2.71. The Hall–Kier alpha value is -0.320. The van der Waals surface area contributed by atoms with Crippen molar-refractivity contribution in [1.82, 2.24) is 9.88 Å². The van der Waals surface area contributed by atoms with Crippen molar-refractivity contribution in [2.75, 3.05) is 32.1 Å². The van der Waals surface area contributed by atoms with Crippen molar-refractivity contribution in [3.05, 3.63) is 22.3 Å². The van der Waals surface area contributed by atoms with E-state index in [1.54, 1.807) is 0 Å². The van der Waals surface area contributed by atoms with Crippen molar-refractivity contribution < 1.29 is 0 Å². The quantitative estimate of drug-likeness (QED) is 0.793. The van der Waals surface area contributed by atoms with Crippen LogP contribution in [0.1, 0.15) is 12.5 Å². The van der Waals surface area contributed by atoms with E-state index in [1.807, 2.05) is 6.20 Å². The van der Waals surface area contributed by atoms with Crippen molar-refractivity contribution in [3.8, 4) is 0 Å². The first-order valence-corrected chi connectivity index (χ1v) is 7.47. The molecule has 5 heteroatoms. The summed E-state index contributed by atoms with van der Waals surface area (Å²) in [5.74, 6) is 2.18. The molecule has 0 radical (unpaired) electrons. The number of aromatic nitrogens is 1. The topological polar surface area (TPSA) is 19.4 Å². The smallest absolute Gasteiger partial charge is 0.133 e. The van der Waals surface area contributed by atoms with Gasteiger partial charge in [0.2, 0.25) is 0 Å². The number of nitrogens with zero attached hydrogens (tertiary/aromatic N) is 3. The van der Waals surface area contributed by atoms with Crippen LogP contribution < -0.4 is 4.90 Å². The minimum absolute atomic E-state index is 0.499. The van der Waals surface area contributed by atoms with E-state index in [0.717, 1.165) is 28.9 Å². The highest BCUT2D eigenvalue weighted by atomic mass is 79.9. The molecule has 0 aromatic carbocycles. The lowest BCUT2D eigenvalue weighted by Crippen LogP contribution is -2.34. The molecule has 2 rings (SSSR count). The molecule has 1 fully saturated rings. The molecule has 2 heterocycles. The maximum atomic E-state index is 6.02. The van der Waals surface area contributed by atoms with Crippen molar-refractivity contribution in [1.29, 1.82) is 0 Å². The predicted octanol–water partition coefficient (Wildman–Crippen LogP) is 2.97. The van der Waals surface area contributed by atoms with Gasteiger partial charge in [-0.15, -0.1) is 11.6 Å². The number of alkyl halides is 1. The largest absolute Gasteiger partial charge is 0.354 e. The number of hydrogen-bond acceptors (Lipinski definition) is 3. The molecule has 1 aliphatic rings. The number of hydrogen-bond donors (Lipinski definition) is 0. The Labute approximate surface area is 122 Å². The van der Waals surface area contributed by atoms with Gasteiger partial charge in [0.15, 0.2) is 0 Å². The third-order valence-electron chi connectivity index (χ3n) is 3.59. The van der Waals surface area contributed by atoms with E-state index in [0.29, 0.717) is 17.8 Å². The normalized spacial score (nSPS) is 24.0. The molecule has 0 N–H and O–H groups in total. The first-order chi connectivity index (χ1) is 8.52. The maximum Gasteiger partial charge on any atom is 0.133 e. The second-order valence-electron chi connectivity index (χ2n) is 5.18. The summed E-state index contributed by atoms with van der Waals surface area (Å²) in [5.41, 5.74) is 1.10. The number of rotatable bonds is 3. The second kappa shape index (κ2) is 5.76. The summed E-state index contributed by atoms with van der Waals surface area (Å²) >= 11 is 9.46. The molecule has 1 aromatic rings. The van der Waals surface area contributed by atoms with Crippen LogP contribution in [0, 0.1) is 5.92 Å². The van der Waals surface area contributed by atoms with Crippen LogP contribution in [-0.4, -0.2) is 43.1 Å². The van der Waals surface area contributed by atoms with Crippen LogP contribution in [0.4, 0.5) is 5.82 Å². The van der Waals surface area contributed by atoms with E-state index >= 15 is 0 Å². The van der Waals surface area contributed by atoms with Gasteiger partial charge in [-0.05, 0) is 42.0 Å². The molecule has 1 aromatic heterocycles. The fraction of sp³-hybridized carbons (Fsp3) is 0.615. The van der Waals surface area contributed by atoms with Crippen LogP contribution in [0.3, 0.4) is 0 Å². The minimum Gasteiger partial charge on any atom is -0.354 e. The van der Waals surface area contributed by atoms with E-state index < -0.39 is 0 Å². The van der Waals surface area contributed by atoms with Crippen molar-refractivity contribution >= 4 is 33.3 Å². The van der Waals surface area contributed by atoms with E-state index in [2.05, 4.69) is 57.8 Å². The Bertz CT molecular complexity index is 425. The molecule has 2 atom stereocenters. The van der Waals surface area contributed by atoms with Gasteiger partial charge in [-0.2, -0.15) is 0 Å². The fourth-order valence-electron chi connectivity index (χ4n) is 2.65. The Morgan fingerprint density at radius 2 is 2.22 bits per heavy atom. The van der Waals surface area contributed by atoms with Crippen molar-refractivity contribution in [2.45, 2.75) is 18.8 Å². The highest BCUT2D eigenvalue weighted by Gasteiger charge is 2.32. The third kappa shape index (κ3) is 2.81. The molecule has 1 aliphatic heterocycles. The Morgan fingerprint density at radius 3 is 2.78 bits per heavy atom. The van der Waals surface area contributed by atoms with Gasteiger partial charge in [0.25, 0.3) is 0 Å². The molecule has 0 spiro atoms. The lowest BCUT2D eigenvalue weighted by atomic mass is 10.1. The molecule has 18 heavy (non-hydrogen) atoms. The third-order valence-corrected chi connectivity index (χ3v) is 4.31. The zero-order valence-corrected chi connectivity index (χ0v) is 13.4. The van der Waals surface area contributed by atoms with Crippen LogP contribution in [0.25, 0.3) is 0 Å². The van der Waals surface area contributed by atoms with Crippen molar-refractivity contribution in [2.24, 2.45) is 5.92 Å². The first-order valence-electron chi connectivity index (χ1n) is 6.14. The number of anilines is 1. The second-order valence-corrected chi connectivity index (χ2v) is 6.37. The van der Waals surface area contributed by atoms with Gasteiger partial charge < -0.3 is 9.80 Å². The Balaban J connectivity index is 2.23. The summed E-state index contributed by atoms with van der Waals surface area (Å²) < 4.78 is 0.985. The van der Waals surface area contributed by atoms with Crippen LogP contribution in [-0.2, 0) is 5.88 Å². The molecule has 2 unspecified atom stereocenters. The molecule has 0 saturated carbocycles. The number of halogens is 2. The van der Waals surface area contributed by atoms with Gasteiger partial charge in [-0.3, -0.25) is 0 Å². The lowest BCUT2D eigenvalue weighted by molar-refractivity contribution is 0.266. The Morgan fingerprint density at radius 1 is 1.50 bits per heavy atom. The monoisotopic (exact) mass is 331 g/mol. The first kappa shape index (κ1) is 14.1. The van der Waals surface area contributed by atoms with Gasteiger partial charge in [0.05, 0.1) is 5.88 Å². The fourth-order valence-corrected chi connectivity index (χ4v) is 3.23. The van der Waals surface area contributed by atoms with E-state index in [4.69, 9.17) is 11.6 Å². The predicted molar refractivity (Wildman–Crippen MR) is 80.3 cm³/mol. The summed E-state index contributed by atoms with van der Waals surface area (Å²) in [7, 11) is 4.28. The van der Waals surface area contributed by atoms with Crippen LogP contribution in [0.15, 0.2) is 16.7 Å². The molecule has 1 saturated heterocycles. The zero-order valence-electron chi connectivity index (χ0n) is 11.0. The van der Waals surface area contributed by atoms with Crippen LogP contribution in [0.5, 0.6) is 0 Å². The minimum atomic E-state index is 0.499. The highest BCUT2D eigenvalue weighted by Crippen LogP contribution is 2.29. The molecule has 0 aliphatic carbocycles. The van der Waals surface area contributed by atoms with Crippen LogP contribution in [0.2, 0.25) is 0 Å². The van der Waals surface area contributed by atoms with Gasteiger partial charge in [0, 0.05) is 35.4 Å². The van der Waals surface area contributed by atoms with Gasteiger partial charge >= 0.3 is 0 Å². The standard InChI is InChI=1S/C13H19BrClN3/c1-9-7-18(8-12(9)17(2)3)13-10(5-15)4-11(14)6-16-13/h4,6,9,12H,5,7-8H2,1-3H3. The molecule has 100 valence electrons. The summed E-state index contributed by atoms with van der Waals surface area (Å²) in [5, 5.41) is 0. The summed E-state index contributed by atoms with van der Waals surface area (Å²) in [4.78, 5) is 9.18. The number of likely N-dealkylation sites (N-methyl/N-ethyl adjacent to an activating group) is 1. The summed E-state index contributed by atoms with van der Waals surface area (Å²) in [6.45, 7) is 4.36. The summed E-state index contributed by atoms with van der Waals surface area (Å²) in [6, 6.07) is 2.64. The van der Waals surface area contributed by atoms with Crippen molar-refractivity contribution in [3.63, 3.8) is 0 Å². The van der Waals surface area contributed by atoms with Gasteiger partial charge in [-0.25, -0.2) is 4.98 Å². The van der Waals surface area contributed by atoms with Gasteiger partial charge in [-0.1, -0.05) is 6.92 Å². The Kier molecular flexibility index (Phi) is 4.51. The molecular formula is C13H19BrClN3. The molecule has 0 amide bonds. The lowest BCUT2D eigenvalue weighted by Gasteiger charge is -2.23. The highest BCUT2D eigenvalue weighted by molar-refractivity contribution is 9.10. The molecule has 0 bridgehead atoms. The maximum absolute atomic E-state index is 6.02. The van der Waals surface area contributed by atoms with Gasteiger partial charge in [0.1, 0.15) is 5.82 Å². The zero-order chi connectivity index (χ0) is 13.3. The molecule has 3 nitrogen and oxygen atoms in total. The number of pyridine rings is 1. The van der Waals surface area contributed by atoms with E-state index in [1.165, 1.54) is 0 Å². The SMILES string of the molecule is CC1CN(c2ncc(Br)cc2CCl)CC1N(C)C. The molecular weight excluding hydrogens is 314 g/mol. The van der Waals surface area contributed by atoms with E-state index in [-0.39, 0.29) is 0 Å².